The molecule has 20 heavy (non-hydrogen) atoms. The minimum absolute atomic E-state index is 0.0864. The molecule has 3 nitrogen and oxygen atoms in total. The SMILES string of the molecule is CCC(C)NCC(C)Oc1ccccc1OC(F)(F)F. The number of ether oxygens (including phenoxy) is 2. The lowest BCUT2D eigenvalue weighted by Crippen LogP contribution is -2.34. The predicted molar refractivity (Wildman–Crippen MR) is 71.0 cm³/mol. The Morgan fingerprint density at radius 2 is 1.75 bits per heavy atom. The van der Waals surface area contributed by atoms with E-state index in [9.17, 15) is 13.2 Å². The molecule has 0 aliphatic rings. The first-order chi connectivity index (χ1) is 9.31. The molecular weight excluding hydrogens is 271 g/mol. The highest BCUT2D eigenvalue weighted by atomic mass is 19.4. The summed E-state index contributed by atoms with van der Waals surface area (Å²) in [7, 11) is 0. The molecule has 0 amide bonds. The van der Waals surface area contributed by atoms with E-state index in [1.807, 2.05) is 6.92 Å². The highest BCUT2D eigenvalue weighted by Gasteiger charge is 2.32. The highest BCUT2D eigenvalue weighted by molar-refractivity contribution is 5.39. The van der Waals surface area contributed by atoms with Crippen LogP contribution in [0.3, 0.4) is 0 Å². The van der Waals surface area contributed by atoms with Crippen molar-refractivity contribution >= 4 is 0 Å². The summed E-state index contributed by atoms with van der Waals surface area (Å²) in [5.74, 6) is -0.237. The molecule has 114 valence electrons. The van der Waals surface area contributed by atoms with Crippen LogP contribution >= 0.6 is 0 Å². The second kappa shape index (κ2) is 7.38. The molecule has 0 aromatic heterocycles. The van der Waals surface area contributed by atoms with Gasteiger partial charge in [0.15, 0.2) is 11.5 Å². The second-order valence-corrected chi connectivity index (χ2v) is 4.64. The molecule has 0 bridgehead atoms. The van der Waals surface area contributed by atoms with Crippen LogP contribution in [0.1, 0.15) is 27.2 Å². The molecule has 0 saturated carbocycles. The Balaban J connectivity index is 2.62. The van der Waals surface area contributed by atoms with Gasteiger partial charge in [0.1, 0.15) is 6.10 Å². The van der Waals surface area contributed by atoms with Gasteiger partial charge in [-0.05, 0) is 32.4 Å². The Labute approximate surface area is 117 Å². The van der Waals surface area contributed by atoms with Crippen molar-refractivity contribution in [1.29, 1.82) is 0 Å². The summed E-state index contributed by atoms with van der Waals surface area (Å²) >= 11 is 0. The van der Waals surface area contributed by atoms with E-state index >= 15 is 0 Å². The van der Waals surface area contributed by atoms with Gasteiger partial charge in [-0.15, -0.1) is 13.2 Å². The van der Waals surface area contributed by atoms with Crippen LogP contribution in [-0.4, -0.2) is 25.1 Å². The molecule has 0 heterocycles. The van der Waals surface area contributed by atoms with Crippen molar-refractivity contribution in [3.8, 4) is 11.5 Å². The molecule has 1 rings (SSSR count). The summed E-state index contributed by atoms with van der Waals surface area (Å²) in [6, 6.07) is 6.10. The predicted octanol–water partition coefficient (Wildman–Crippen LogP) is 3.74. The van der Waals surface area contributed by atoms with Crippen LogP contribution in [0.5, 0.6) is 11.5 Å². The van der Waals surface area contributed by atoms with Crippen molar-refractivity contribution < 1.29 is 22.6 Å². The van der Waals surface area contributed by atoms with Crippen LogP contribution in [0.25, 0.3) is 0 Å². The molecule has 2 unspecified atom stereocenters. The van der Waals surface area contributed by atoms with Gasteiger partial charge in [0.2, 0.25) is 0 Å². The van der Waals surface area contributed by atoms with E-state index in [1.54, 1.807) is 13.0 Å². The Hall–Kier alpha value is -1.43. The lowest BCUT2D eigenvalue weighted by Gasteiger charge is -2.20. The fourth-order valence-corrected chi connectivity index (χ4v) is 1.53. The van der Waals surface area contributed by atoms with E-state index in [4.69, 9.17) is 4.74 Å². The normalized spacial score (nSPS) is 14.7. The van der Waals surface area contributed by atoms with E-state index in [-0.39, 0.29) is 17.6 Å². The first-order valence-corrected chi connectivity index (χ1v) is 6.56. The van der Waals surface area contributed by atoms with Gasteiger partial charge in [-0.3, -0.25) is 0 Å². The minimum atomic E-state index is -4.72. The van der Waals surface area contributed by atoms with Crippen molar-refractivity contribution in [2.75, 3.05) is 6.54 Å². The maximum atomic E-state index is 12.3. The number of hydrogen-bond donors (Lipinski definition) is 1. The van der Waals surface area contributed by atoms with Gasteiger partial charge in [0.05, 0.1) is 0 Å². The average molecular weight is 291 g/mol. The van der Waals surface area contributed by atoms with Crippen molar-refractivity contribution in [3.63, 3.8) is 0 Å². The van der Waals surface area contributed by atoms with E-state index in [2.05, 4.69) is 17.0 Å². The van der Waals surface area contributed by atoms with Gasteiger partial charge in [-0.25, -0.2) is 0 Å². The number of para-hydroxylation sites is 2. The lowest BCUT2D eigenvalue weighted by atomic mass is 10.2. The Kier molecular flexibility index (Phi) is 6.13. The zero-order valence-electron chi connectivity index (χ0n) is 11.8. The molecule has 1 N–H and O–H groups in total. The number of alkyl halides is 3. The molecular formula is C14H20F3NO2. The van der Waals surface area contributed by atoms with Gasteiger partial charge in [0, 0.05) is 12.6 Å². The number of halogens is 3. The van der Waals surface area contributed by atoms with E-state index in [0.717, 1.165) is 6.42 Å². The Bertz CT molecular complexity index is 410. The molecule has 0 radical (unpaired) electrons. The average Bonchev–Trinajstić information content (AvgIpc) is 2.36. The number of nitrogens with one attached hydrogen (secondary N) is 1. The topological polar surface area (TPSA) is 30.5 Å². The first-order valence-electron chi connectivity index (χ1n) is 6.56. The van der Waals surface area contributed by atoms with E-state index < -0.39 is 6.36 Å². The Morgan fingerprint density at radius 1 is 1.15 bits per heavy atom. The summed E-state index contributed by atoms with van der Waals surface area (Å²) < 4.78 is 46.2. The summed E-state index contributed by atoms with van der Waals surface area (Å²) in [5.41, 5.74) is 0. The summed E-state index contributed by atoms with van der Waals surface area (Å²) in [6.45, 7) is 6.43. The summed E-state index contributed by atoms with van der Waals surface area (Å²) in [6.07, 6.45) is -4.01. The van der Waals surface area contributed by atoms with Gasteiger partial charge in [-0.2, -0.15) is 0 Å². The van der Waals surface area contributed by atoms with Gasteiger partial charge < -0.3 is 14.8 Å². The van der Waals surface area contributed by atoms with Crippen molar-refractivity contribution in [2.24, 2.45) is 0 Å². The number of rotatable bonds is 7. The van der Waals surface area contributed by atoms with Crippen LogP contribution < -0.4 is 14.8 Å². The van der Waals surface area contributed by atoms with Crippen LogP contribution in [0, 0.1) is 0 Å². The van der Waals surface area contributed by atoms with Gasteiger partial charge in [0.25, 0.3) is 0 Å². The summed E-state index contributed by atoms with van der Waals surface area (Å²) in [4.78, 5) is 0. The quantitative estimate of drug-likeness (QED) is 0.830. The fourth-order valence-electron chi connectivity index (χ4n) is 1.53. The van der Waals surface area contributed by atoms with Gasteiger partial charge in [-0.1, -0.05) is 19.1 Å². The van der Waals surface area contributed by atoms with Crippen LogP contribution in [0.15, 0.2) is 24.3 Å². The monoisotopic (exact) mass is 291 g/mol. The third-order valence-electron chi connectivity index (χ3n) is 2.77. The van der Waals surface area contributed by atoms with Crippen molar-refractivity contribution in [1.82, 2.24) is 5.32 Å². The van der Waals surface area contributed by atoms with Crippen molar-refractivity contribution in [2.45, 2.75) is 45.7 Å². The summed E-state index contributed by atoms with van der Waals surface area (Å²) in [5, 5.41) is 3.23. The van der Waals surface area contributed by atoms with E-state index in [1.165, 1.54) is 18.2 Å². The smallest absolute Gasteiger partial charge is 0.485 e. The Morgan fingerprint density at radius 3 is 2.30 bits per heavy atom. The largest absolute Gasteiger partial charge is 0.573 e. The first kappa shape index (κ1) is 16.6. The second-order valence-electron chi connectivity index (χ2n) is 4.64. The lowest BCUT2D eigenvalue weighted by molar-refractivity contribution is -0.275. The van der Waals surface area contributed by atoms with E-state index in [0.29, 0.717) is 12.6 Å². The molecule has 0 fully saturated rings. The molecule has 0 aliphatic heterocycles. The molecule has 6 heteroatoms. The van der Waals surface area contributed by atoms with Crippen molar-refractivity contribution in [3.05, 3.63) is 24.3 Å². The zero-order valence-corrected chi connectivity index (χ0v) is 11.8. The number of hydrogen-bond acceptors (Lipinski definition) is 3. The molecule has 2 atom stereocenters. The zero-order chi connectivity index (χ0) is 15.2. The van der Waals surface area contributed by atoms with Crippen LogP contribution in [-0.2, 0) is 0 Å². The highest BCUT2D eigenvalue weighted by Crippen LogP contribution is 2.32. The molecule has 0 aliphatic carbocycles. The number of benzene rings is 1. The third-order valence-corrected chi connectivity index (χ3v) is 2.77. The molecule has 1 aromatic carbocycles. The standard InChI is InChI=1S/C14H20F3NO2/c1-4-10(2)18-9-11(3)19-12-7-5-6-8-13(12)20-14(15,16)17/h5-8,10-11,18H,4,9H2,1-3H3. The van der Waals surface area contributed by atoms with Crippen LogP contribution in [0.4, 0.5) is 13.2 Å². The molecule has 0 spiro atoms. The molecule has 1 aromatic rings. The fraction of sp³-hybridized carbons (Fsp3) is 0.571. The molecule has 0 saturated heterocycles. The van der Waals surface area contributed by atoms with Crippen LogP contribution in [0.2, 0.25) is 0 Å². The van der Waals surface area contributed by atoms with Gasteiger partial charge >= 0.3 is 6.36 Å². The maximum absolute atomic E-state index is 12.3. The maximum Gasteiger partial charge on any atom is 0.573 e. The third kappa shape index (κ3) is 6.14. The minimum Gasteiger partial charge on any atom is -0.485 e.